The van der Waals surface area contributed by atoms with Crippen molar-refractivity contribution in [2.75, 3.05) is 38.2 Å². The molecule has 7 nitrogen and oxygen atoms in total. The molecule has 37 heavy (non-hydrogen) atoms. The highest BCUT2D eigenvalue weighted by molar-refractivity contribution is 6.02. The zero-order valence-electron chi connectivity index (χ0n) is 20.6. The van der Waals surface area contributed by atoms with Crippen LogP contribution in [0.3, 0.4) is 0 Å². The number of hydrogen-bond acceptors (Lipinski definition) is 5. The third-order valence-electron chi connectivity index (χ3n) is 6.89. The third kappa shape index (κ3) is 4.29. The third-order valence-corrected chi connectivity index (χ3v) is 6.89. The summed E-state index contributed by atoms with van der Waals surface area (Å²) in [5.41, 5.74) is 4.80. The maximum absolute atomic E-state index is 13.1. The van der Waals surface area contributed by atoms with Gasteiger partial charge < -0.3 is 19.1 Å². The summed E-state index contributed by atoms with van der Waals surface area (Å²) in [4.78, 5) is 26.7. The highest BCUT2D eigenvalue weighted by atomic mass is 16.5. The Morgan fingerprint density at radius 3 is 2.16 bits per heavy atom. The first-order valence-corrected chi connectivity index (χ1v) is 12.4. The van der Waals surface area contributed by atoms with Crippen molar-refractivity contribution in [3.05, 3.63) is 103 Å². The van der Waals surface area contributed by atoms with Gasteiger partial charge in [-0.1, -0.05) is 48.5 Å². The van der Waals surface area contributed by atoms with Crippen molar-refractivity contribution in [1.29, 1.82) is 0 Å². The van der Waals surface area contributed by atoms with Gasteiger partial charge in [0.15, 0.2) is 5.65 Å². The van der Waals surface area contributed by atoms with Gasteiger partial charge in [0.2, 0.25) is 0 Å². The molecule has 6 rings (SSSR count). The quantitative estimate of drug-likeness (QED) is 0.345. The lowest BCUT2D eigenvalue weighted by Gasteiger charge is -2.35. The Kier molecular flexibility index (Phi) is 6.02. The van der Waals surface area contributed by atoms with Crippen molar-refractivity contribution in [2.24, 2.45) is 0 Å². The van der Waals surface area contributed by atoms with E-state index < -0.39 is 0 Å². The molecule has 7 heteroatoms. The minimum absolute atomic E-state index is 0.0374. The van der Waals surface area contributed by atoms with E-state index in [0.717, 1.165) is 39.4 Å². The van der Waals surface area contributed by atoms with Gasteiger partial charge in [-0.2, -0.15) is 0 Å². The van der Waals surface area contributed by atoms with E-state index in [2.05, 4.69) is 39.9 Å². The van der Waals surface area contributed by atoms with Crippen LogP contribution in [0.1, 0.15) is 10.4 Å². The van der Waals surface area contributed by atoms with E-state index in [9.17, 15) is 4.79 Å². The number of piperazine rings is 1. The minimum Gasteiger partial charge on any atom is -0.497 e. The molecule has 5 aromatic rings. The number of methoxy groups -OCH3 is 1. The predicted molar refractivity (Wildman–Crippen MR) is 145 cm³/mol. The summed E-state index contributed by atoms with van der Waals surface area (Å²) < 4.78 is 7.35. The molecule has 0 saturated carbocycles. The largest absolute Gasteiger partial charge is 0.497 e. The van der Waals surface area contributed by atoms with Crippen LogP contribution in [0.25, 0.3) is 27.8 Å². The number of anilines is 1. The second-order valence-electron chi connectivity index (χ2n) is 9.02. The second-order valence-corrected chi connectivity index (χ2v) is 9.02. The SMILES string of the molecule is COc1ccc(C(=O)N2CCN(c3ncnc4c3c(-c3ccccc3)cn4-c3ccccc3)CC2)cc1. The van der Waals surface area contributed by atoms with Crippen molar-refractivity contribution in [3.8, 4) is 22.6 Å². The molecular weight excluding hydrogens is 462 g/mol. The zero-order valence-corrected chi connectivity index (χ0v) is 20.6. The van der Waals surface area contributed by atoms with Crippen LogP contribution in [0, 0.1) is 0 Å². The van der Waals surface area contributed by atoms with E-state index in [0.29, 0.717) is 31.7 Å². The van der Waals surface area contributed by atoms with E-state index in [1.54, 1.807) is 13.4 Å². The Labute approximate surface area is 215 Å². The maximum Gasteiger partial charge on any atom is 0.253 e. The number of hydrogen-bond donors (Lipinski definition) is 0. The second kappa shape index (κ2) is 9.78. The number of carbonyl (C=O) groups is 1. The molecule has 0 spiro atoms. The number of nitrogens with zero attached hydrogens (tertiary/aromatic N) is 5. The lowest BCUT2D eigenvalue weighted by molar-refractivity contribution is 0.0746. The van der Waals surface area contributed by atoms with Crippen LogP contribution in [-0.4, -0.2) is 58.6 Å². The first-order valence-electron chi connectivity index (χ1n) is 12.4. The Morgan fingerprint density at radius 1 is 0.811 bits per heavy atom. The number of ether oxygens (including phenoxy) is 1. The van der Waals surface area contributed by atoms with E-state index in [1.165, 1.54) is 0 Å². The first-order chi connectivity index (χ1) is 18.2. The standard InChI is InChI=1S/C30H27N5O2/c1-37-25-14-12-23(13-15-25)30(36)34-18-16-33(17-19-34)28-27-26(22-8-4-2-5-9-22)20-35(29(27)32-21-31-28)24-10-6-3-7-11-24/h2-15,20-21H,16-19H2,1H3. The highest BCUT2D eigenvalue weighted by Crippen LogP contribution is 2.37. The predicted octanol–water partition coefficient (Wildman–Crippen LogP) is 5.06. The van der Waals surface area contributed by atoms with Crippen molar-refractivity contribution < 1.29 is 9.53 Å². The topological polar surface area (TPSA) is 63.5 Å². The summed E-state index contributed by atoms with van der Waals surface area (Å²) >= 11 is 0. The van der Waals surface area contributed by atoms with Crippen LogP contribution in [0.4, 0.5) is 5.82 Å². The molecule has 1 amide bonds. The first kappa shape index (κ1) is 22.8. The normalized spacial score (nSPS) is 13.6. The van der Waals surface area contributed by atoms with Gasteiger partial charge in [0.05, 0.1) is 12.5 Å². The van der Waals surface area contributed by atoms with Gasteiger partial charge in [0.1, 0.15) is 17.9 Å². The molecule has 184 valence electrons. The number of benzene rings is 3. The summed E-state index contributed by atoms with van der Waals surface area (Å²) in [6.07, 6.45) is 3.79. The smallest absolute Gasteiger partial charge is 0.253 e. The summed E-state index contributed by atoms with van der Waals surface area (Å²) in [6, 6.07) is 27.9. The fraction of sp³-hybridized carbons (Fsp3) is 0.167. The van der Waals surface area contributed by atoms with E-state index in [1.807, 2.05) is 65.6 Å². The molecule has 1 saturated heterocycles. The Bertz CT molecular complexity index is 1520. The van der Waals surface area contributed by atoms with Gasteiger partial charge in [-0.05, 0) is 42.0 Å². The van der Waals surface area contributed by atoms with Crippen molar-refractivity contribution >= 4 is 22.8 Å². The monoisotopic (exact) mass is 489 g/mol. The zero-order chi connectivity index (χ0) is 25.2. The number of para-hydroxylation sites is 1. The van der Waals surface area contributed by atoms with Gasteiger partial charge in [0, 0.05) is 49.2 Å². The number of aromatic nitrogens is 3. The number of amides is 1. The van der Waals surface area contributed by atoms with Crippen LogP contribution in [0.5, 0.6) is 5.75 Å². The molecule has 1 aliphatic rings. The molecule has 1 aliphatic heterocycles. The average Bonchev–Trinajstić information content (AvgIpc) is 3.38. The molecule has 0 bridgehead atoms. The van der Waals surface area contributed by atoms with Crippen molar-refractivity contribution in [2.45, 2.75) is 0 Å². The number of rotatable bonds is 5. The van der Waals surface area contributed by atoms with Crippen LogP contribution >= 0.6 is 0 Å². The van der Waals surface area contributed by atoms with E-state index >= 15 is 0 Å². The fourth-order valence-corrected chi connectivity index (χ4v) is 4.94. The number of carbonyl (C=O) groups excluding carboxylic acids is 1. The summed E-state index contributed by atoms with van der Waals surface area (Å²) in [5.74, 6) is 1.68. The summed E-state index contributed by atoms with van der Waals surface area (Å²) in [7, 11) is 1.62. The summed E-state index contributed by atoms with van der Waals surface area (Å²) in [6.45, 7) is 2.63. The number of fused-ring (bicyclic) bond motifs is 1. The molecule has 0 aliphatic carbocycles. The van der Waals surface area contributed by atoms with E-state index in [-0.39, 0.29) is 5.91 Å². The van der Waals surface area contributed by atoms with Crippen LogP contribution in [0.15, 0.2) is 97.5 Å². The lowest BCUT2D eigenvalue weighted by Crippen LogP contribution is -2.49. The molecule has 3 aromatic carbocycles. The minimum atomic E-state index is 0.0374. The van der Waals surface area contributed by atoms with Crippen LogP contribution in [-0.2, 0) is 0 Å². The average molecular weight is 490 g/mol. The maximum atomic E-state index is 13.1. The van der Waals surface area contributed by atoms with Crippen LogP contribution in [0.2, 0.25) is 0 Å². The Morgan fingerprint density at radius 2 is 1.49 bits per heavy atom. The Hall–Kier alpha value is -4.65. The fourth-order valence-electron chi connectivity index (χ4n) is 4.94. The van der Waals surface area contributed by atoms with Gasteiger partial charge in [0.25, 0.3) is 5.91 Å². The highest BCUT2D eigenvalue weighted by Gasteiger charge is 2.26. The van der Waals surface area contributed by atoms with Gasteiger partial charge >= 0.3 is 0 Å². The van der Waals surface area contributed by atoms with Gasteiger partial charge in [-0.3, -0.25) is 4.79 Å². The molecule has 2 aromatic heterocycles. The molecule has 1 fully saturated rings. The molecule has 0 N–H and O–H groups in total. The lowest BCUT2D eigenvalue weighted by atomic mass is 10.1. The molecule has 0 unspecified atom stereocenters. The van der Waals surface area contributed by atoms with Crippen molar-refractivity contribution in [3.63, 3.8) is 0 Å². The van der Waals surface area contributed by atoms with Gasteiger partial charge in [-0.25, -0.2) is 9.97 Å². The van der Waals surface area contributed by atoms with E-state index in [4.69, 9.17) is 14.7 Å². The molecule has 3 heterocycles. The Balaban J connectivity index is 1.33. The van der Waals surface area contributed by atoms with Crippen LogP contribution < -0.4 is 9.64 Å². The summed E-state index contributed by atoms with van der Waals surface area (Å²) in [5, 5.41) is 1.02. The molecule has 0 atom stereocenters. The van der Waals surface area contributed by atoms with Gasteiger partial charge in [-0.15, -0.1) is 0 Å². The molecular formula is C30H27N5O2. The van der Waals surface area contributed by atoms with Crippen molar-refractivity contribution in [1.82, 2.24) is 19.4 Å². The molecule has 0 radical (unpaired) electrons.